The second-order valence-electron chi connectivity index (χ2n) is 3.59. The summed E-state index contributed by atoms with van der Waals surface area (Å²) < 4.78 is 0. The van der Waals surface area contributed by atoms with Crippen molar-refractivity contribution in [3.63, 3.8) is 0 Å². The fourth-order valence-electron chi connectivity index (χ4n) is 1.05. The van der Waals surface area contributed by atoms with Gasteiger partial charge in [0.15, 0.2) is 0 Å². The van der Waals surface area contributed by atoms with Crippen LogP contribution in [0.2, 0.25) is 0 Å². The van der Waals surface area contributed by atoms with Gasteiger partial charge in [-0.15, -0.1) is 5.48 Å². The zero-order valence-electron chi connectivity index (χ0n) is 9.95. The first-order chi connectivity index (χ1) is 7.15. The lowest BCUT2D eigenvalue weighted by atomic mass is 10.2. The highest BCUT2D eigenvalue weighted by atomic mass is 32.2. The van der Waals surface area contributed by atoms with Crippen molar-refractivity contribution >= 4 is 18.0 Å². The summed E-state index contributed by atoms with van der Waals surface area (Å²) in [5.41, 5.74) is 2.79. The minimum absolute atomic E-state index is 0.217. The number of allylic oxidation sites excluding steroid dienone is 2. The number of carbonyl (C=O) groups excluding carboxylic acids is 1. The lowest BCUT2D eigenvalue weighted by Gasteiger charge is -2.16. The molecule has 0 aliphatic rings. The summed E-state index contributed by atoms with van der Waals surface area (Å²) in [6, 6.07) is -0.217. The molecule has 0 aromatic heterocycles. The smallest absolute Gasteiger partial charge is 0.140 e. The van der Waals surface area contributed by atoms with Gasteiger partial charge in [0.05, 0.1) is 6.04 Å². The van der Waals surface area contributed by atoms with Crippen molar-refractivity contribution in [1.82, 2.24) is 5.48 Å². The number of aldehydes is 1. The van der Waals surface area contributed by atoms with E-state index in [4.69, 9.17) is 4.84 Å². The third kappa shape index (κ3) is 6.57. The van der Waals surface area contributed by atoms with Crippen molar-refractivity contribution in [3.8, 4) is 0 Å². The summed E-state index contributed by atoms with van der Waals surface area (Å²) in [4.78, 5) is 16.1. The SMILES string of the molecule is C/C=C(\ON[C@@H](C=O)CCSC)C(C)C. The Labute approximate surface area is 96.6 Å². The van der Waals surface area contributed by atoms with Crippen LogP contribution < -0.4 is 5.48 Å². The lowest BCUT2D eigenvalue weighted by molar-refractivity contribution is -0.112. The average Bonchev–Trinajstić information content (AvgIpc) is 2.23. The van der Waals surface area contributed by atoms with E-state index >= 15 is 0 Å². The lowest BCUT2D eigenvalue weighted by Crippen LogP contribution is -2.31. The maximum Gasteiger partial charge on any atom is 0.140 e. The Morgan fingerprint density at radius 3 is 2.60 bits per heavy atom. The molecule has 15 heavy (non-hydrogen) atoms. The number of thioether (sulfide) groups is 1. The van der Waals surface area contributed by atoms with Gasteiger partial charge < -0.3 is 9.63 Å². The summed E-state index contributed by atoms with van der Waals surface area (Å²) in [7, 11) is 0. The zero-order valence-corrected chi connectivity index (χ0v) is 10.8. The van der Waals surface area contributed by atoms with E-state index in [0.29, 0.717) is 5.92 Å². The van der Waals surface area contributed by atoms with E-state index in [0.717, 1.165) is 24.2 Å². The molecule has 0 spiro atoms. The molecule has 0 rings (SSSR count). The molecule has 0 aromatic carbocycles. The second-order valence-corrected chi connectivity index (χ2v) is 4.58. The monoisotopic (exact) mass is 231 g/mol. The summed E-state index contributed by atoms with van der Waals surface area (Å²) >= 11 is 1.72. The third-order valence-electron chi connectivity index (χ3n) is 1.98. The first kappa shape index (κ1) is 14.5. The van der Waals surface area contributed by atoms with Crippen LogP contribution in [0.15, 0.2) is 11.8 Å². The largest absolute Gasteiger partial charge is 0.413 e. The molecular formula is C11H21NO2S. The average molecular weight is 231 g/mol. The van der Waals surface area contributed by atoms with E-state index in [2.05, 4.69) is 19.3 Å². The van der Waals surface area contributed by atoms with Crippen LogP contribution in [0, 0.1) is 5.92 Å². The van der Waals surface area contributed by atoms with Crippen LogP contribution in [-0.4, -0.2) is 24.3 Å². The Hall–Kier alpha value is -0.480. The van der Waals surface area contributed by atoms with Gasteiger partial charge in [0.2, 0.25) is 0 Å². The highest BCUT2D eigenvalue weighted by Crippen LogP contribution is 2.09. The minimum atomic E-state index is -0.217. The summed E-state index contributed by atoms with van der Waals surface area (Å²) in [6.07, 6.45) is 5.62. The molecule has 0 aliphatic heterocycles. The molecule has 0 radical (unpaired) electrons. The first-order valence-electron chi connectivity index (χ1n) is 5.18. The molecule has 1 N–H and O–H groups in total. The minimum Gasteiger partial charge on any atom is -0.413 e. The molecule has 88 valence electrons. The number of rotatable bonds is 8. The topological polar surface area (TPSA) is 38.3 Å². The van der Waals surface area contributed by atoms with Gasteiger partial charge in [0.1, 0.15) is 12.0 Å². The van der Waals surface area contributed by atoms with Crippen molar-refractivity contribution in [2.45, 2.75) is 33.2 Å². The fourth-order valence-corrected chi connectivity index (χ4v) is 1.54. The number of hydrogen-bond donors (Lipinski definition) is 1. The molecule has 0 fully saturated rings. The first-order valence-corrected chi connectivity index (χ1v) is 6.57. The van der Waals surface area contributed by atoms with E-state index in [1.807, 2.05) is 19.3 Å². The summed E-state index contributed by atoms with van der Waals surface area (Å²) in [6.45, 7) is 6.03. The normalized spacial score (nSPS) is 14.1. The van der Waals surface area contributed by atoms with Crippen molar-refractivity contribution in [3.05, 3.63) is 11.8 Å². The van der Waals surface area contributed by atoms with Gasteiger partial charge in [-0.1, -0.05) is 13.8 Å². The van der Waals surface area contributed by atoms with Crippen LogP contribution in [0.25, 0.3) is 0 Å². The van der Waals surface area contributed by atoms with E-state index in [9.17, 15) is 4.79 Å². The van der Waals surface area contributed by atoms with Crippen LogP contribution in [0.4, 0.5) is 0 Å². The maximum absolute atomic E-state index is 10.7. The highest BCUT2D eigenvalue weighted by molar-refractivity contribution is 7.98. The molecule has 3 nitrogen and oxygen atoms in total. The van der Waals surface area contributed by atoms with Crippen molar-refractivity contribution in [2.75, 3.05) is 12.0 Å². The molecule has 0 saturated carbocycles. The number of carbonyl (C=O) groups is 1. The van der Waals surface area contributed by atoms with E-state index < -0.39 is 0 Å². The van der Waals surface area contributed by atoms with Gasteiger partial charge in [0.25, 0.3) is 0 Å². The predicted molar refractivity (Wildman–Crippen MR) is 65.7 cm³/mol. The molecule has 0 aromatic rings. The van der Waals surface area contributed by atoms with Crippen molar-refractivity contribution in [2.24, 2.45) is 5.92 Å². The van der Waals surface area contributed by atoms with Gasteiger partial charge in [-0.3, -0.25) is 0 Å². The predicted octanol–water partition coefficient (Wildman–Crippen LogP) is 2.39. The van der Waals surface area contributed by atoms with Crippen LogP contribution in [-0.2, 0) is 9.63 Å². The van der Waals surface area contributed by atoms with E-state index in [-0.39, 0.29) is 6.04 Å². The second kappa shape index (κ2) is 8.80. The highest BCUT2D eigenvalue weighted by Gasteiger charge is 2.09. The Morgan fingerprint density at radius 1 is 1.53 bits per heavy atom. The van der Waals surface area contributed by atoms with Gasteiger partial charge in [0, 0.05) is 5.92 Å². The van der Waals surface area contributed by atoms with Crippen LogP contribution in [0.5, 0.6) is 0 Å². The van der Waals surface area contributed by atoms with E-state index in [1.54, 1.807) is 11.8 Å². The van der Waals surface area contributed by atoms with Crippen LogP contribution >= 0.6 is 11.8 Å². The van der Waals surface area contributed by atoms with Crippen molar-refractivity contribution in [1.29, 1.82) is 0 Å². The molecule has 0 heterocycles. The number of hydrogen-bond acceptors (Lipinski definition) is 4. The standard InChI is InChI=1S/C11H21NO2S/c1-5-11(9(2)3)14-12-10(8-13)6-7-15-4/h5,8-10,12H,6-7H2,1-4H3/b11-5-/t10-/m1/s1. The van der Waals surface area contributed by atoms with Gasteiger partial charge >= 0.3 is 0 Å². The van der Waals surface area contributed by atoms with Gasteiger partial charge in [-0.05, 0) is 31.4 Å². The Balaban J connectivity index is 3.93. The Kier molecular flexibility index (Phi) is 8.52. The fraction of sp³-hybridized carbons (Fsp3) is 0.727. The summed E-state index contributed by atoms with van der Waals surface area (Å²) in [5, 5.41) is 0. The third-order valence-corrected chi connectivity index (χ3v) is 2.62. The molecular weight excluding hydrogens is 210 g/mol. The molecule has 0 aliphatic carbocycles. The molecule has 0 amide bonds. The van der Waals surface area contributed by atoms with Crippen molar-refractivity contribution < 1.29 is 9.63 Å². The van der Waals surface area contributed by atoms with E-state index in [1.165, 1.54) is 0 Å². The van der Waals surface area contributed by atoms with Crippen LogP contribution in [0.3, 0.4) is 0 Å². The number of hydroxylamine groups is 1. The van der Waals surface area contributed by atoms with Gasteiger partial charge in [-0.2, -0.15) is 11.8 Å². The number of nitrogens with one attached hydrogen (secondary N) is 1. The quantitative estimate of drug-likeness (QED) is 0.395. The molecule has 0 bridgehead atoms. The van der Waals surface area contributed by atoms with Gasteiger partial charge in [-0.25, -0.2) is 0 Å². The molecule has 4 heteroatoms. The molecule has 0 saturated heterocycles. The molecule has 0 unspecified atom stereocenters. The Bertz CT molecular complexity index is 205. The Morgan fingerprint density at radius 2 is 2.20 bits per heavy atom. The maximum atomic E-state index is 10.7. The van der Waals surface area contributed by atoms with Crippen LogP contribution in [0.1, 0.15) is 27.2 Å². The zero-order chi connectivity index (χ0) is 11.7. The summed E-state index contributed by atoms with van der Waals surface area (Å²) in [5.74, 6) is 2.15. The molecule has 1 atom stereocenters.